The zero-order valence-corrected chi connectivity index (χ0v) is 11.3. The number of nitrogens with two attached hydrogens (primary N) is 1. The maximum atomic E-state index is 5.95. The Balaban J connectivity index is 1.88. The molecule has 0 fully saturated rings. The van der Waals surface area contributed by atoms with Gasteiger partial charge in [0.05, 0.1) is 11.2 Å². The molecule has 0 saturated heterocycles. The predicted octanol–water partition coefficient (Wildman–Crippen LogP) is 3.13. The molecule has 4 nitrogen and oxygen atoms in total. The molecule has 0 aliphatic heterocycles. The van der Waals surface area contributed by atoms with Crippen LogP contribution in [-0.2, 0) is 6.54 Å². The van der Waals surface area contributed by atoms with Crippen molar-refractivity contribution in [1.29, 1.82) is 0 Å². The van der Waals surface area contributed by atoms with Crippen molar-refractivity contribution in [3.63, 3.8) is 0 Å². The van der Waals surface area contributed by atoms with Crippen LogP contribution < -0.4 is 11.1 Å². The van der Waals surface area contributed by atoms with Gasteiger partial charge in [0.2, 0.25) is 0 Å². The Morgan fingerprint density at radius 1 is 1.10 bits per heavy atom. The Hall–Kier alpha value is -2.62. The summed E-state index contributed by atoms with van der Waals surface area (Å²) in [4.78, 5) is 8.63. The Kier molecular flexibility index (Phi) is 3.21. The van der Waals surface area contributed by atoms with Gasteiger partial charge in [0.25, 0.3) is 0 Å². The minimum atomic E-state index is 0.697. The van der Waals surface area contributed by atoms with Crippen LogP contribution in [0.1, 0.15) is 11.3 Å². The van der Waals surface area contributed by atoms with Crippen LogP contribution in [0.25, 0.3) is 10.9 Å². The molecule has 3 N–H and O–H groups in total. The van der Waals surface area contributed by atoms with E-state index in [1.165, 1.54) is 0 Å². The highest BCUT2D eigenvalue weighted by Crippen LogP contribution is 2.25. The number of aromatic nitrogens is 2. The van der Waals surface area contributed by atoms with Gasteiger partial charge in [-0.2, -0.15) is 0 Å². The summed E-state index contributed by atoms with van der Waals surface area (Å²) in [6.07, 6.45) is 3.66. The number of aryl methyl sites for hydroxylation is 1. The molecule has 4 heteroatoms. The Labute approximate surface area is 117 Å². The van der Waals surface area contributed by atoms with Gasteiger partial charge >= 0.3 is 0 Å². The third kappa shape index (κ3) is 2.40. The second-order valence-corrected chi connectivity index (χ2v) is 4.76. The summed E-state index contributed by atoms with van der Waals surface area (Å²) in [6, 6.07) is 11.9. The van der Waals surface area contributed by atoms with E-state index in [1.54, 1.807) is 6.20 Å². The summed E-state index contributed by atoms with van der Waals surface area (Å²) >= 11 is 0. The number of benzene rings is 1. The van der Waals surface area contributed by atoms with Crippen LogP contribution in [0.3, 0.4) is 0 Å². The normalized spacial score (nSPS) is 10.7. The van der Waals surface area contributed by atoms with Gasteiger partial charge in [0, 0.05) is 35.7 Å². The van der Waals surface area contributed by atoms with E-state index >= 15 is 0 Å². The largest absolute Gasteiger partial charge is 0.397 e. The first-order valence-corrected chi connectivity index (χ1v) is 6.52. The lowest BCUT2D eigenvalue weighted by Crippen LogP contribution is -2.01. The van der Waals surface area contributed by atoms with Crippen molar-refractivity contribution in [2.24, 2.45) is 0 Å². The maximum absolute atomic E-state index is 5.95. The van der Waals surface area contributed by atoms with Gasteiger partial charge in [0.15, 0.2) is 0 Å². The number of hydrogen-bond acceptors (Lipinski definition) is 4. The van der Waals surface area contributed by atoms with E-state index in [0.29, 0.717) is 5.69 Å². The van der Waals surface area contributed by atoms with Gasteiger partial charge in [0.1, 0.15) is 0 Å². The molecule has 100 valence electrons. The fourth-order valence-electron chi connectivity index (χ4n) is 2.15. The predicted molar refractivity (Wildman–Crippen MR) is 82.5 cm³/mol. The van der Waals surface area contributed by atoms with Crippen LogP contribution in [0.2, 0.25) is 0 Å². The van der Waals surface area contributed by atoms with Crippen molar-refractivity contribution in [3.8, 4) is 0 Å². The second kappa shape index (κ2) is 5.17. The highest BCUT2D eigenvalue weighted by atomic mass is 14.9. The molecule has 3 aromatic rings. The lowest BCUT2D eigenvalue weighted by molar-refractivity contribution is 1.09. The van der Waals surface area contributed by atoms with Crippen LogP contribution in [0.15, 0.2) is 48.8 Å². The second-order valence-electron chi connectivity index (χ2n) is 4.76. The molecule has 0 unspecified atom stereocenters. The molecule has 1 aromatic carbocycles. The minimum absolute atomic E-state index is 0.697. The summed E-state index contributed by atoms with van der Waals surface area (Å²) in [5, 5.41) is 4.45. The maximum Gasteiger partial charge on any atom is 0.0951 e. The van der Waals surface area contributed by atoms with Crippen LogP contribution >= 0.6 is 0 Å². The third-order valence-corrected chi connectivity index (χ3v) is 3.26. The average molecular weight is 264 g/mol. The smallest absolute Gasteiger partial charge is 0.0951 e. The molecule has 0 amide bonds. The number of fused-ring (bicyclic) bond motifs is 1. The summed E-state index contributed by atoms with van der Waals surface area (Å²) < 4.78 is 0. The first-order valence-electron chi connectivity index (χ1n) is 6.52. The van der Waals surface area contributed by atoms with E-state index in [9.17, 15) is 0 Å². The minimum Gasteiger partial charge on any atom is -0.397 e. The number of nitrogens with one attached hydrogen (secondary N) is 1. The zero-order chi connectivity index (χ0) is 13.9. The van der Waals surface area contributed by atoms with Crippen molar-refractivity contribution in [2.45, 2.75) is 13.5 Å². The first-order chi connectivity index (χ1) is 9.74. The van der Waals surface area contributed by atoms with Gasteiger partial charge in [-0.25, -0.2) is 0 Å². The molecule has 0 atom stereocenters. The van der Waals surface area contributed by atoms with Crippen molar-refractivity contribution < 1.29 is 0 Å². The van der Waals surface area contributed by atoms with Gasteiger partial charge in [-0.1, -0.05) is 18.2 Å². The van der Waals surface area contributed by atoms with Crippen molar-refractivity contribution >= 4 is 22.3 Å². The lowest BCUT2D eigenvalue weighted by Gasteiger charge is -2.10. The van der Waals surface area contributed by atoms with Crippen molar-refractivity contribution in [2.75, 3.05) is 11.1 Å². The number of anilines is 2. The highest BCUT2D eigenvalue weighted by molar-refractivity contribution is 5.97. The Morgan fingerprint density at radius 3 is 2.80 bits per heavy atom. The standard InChI is InChI=1S/C16H16N4/c1-11-5-6-12(9-19-11)10-20-15-7-8-18-16-13(15)3-2-4-14(16)17/h2-9H,10,17H2,1H3,(H,18,20). The van der Waals surface area contributed by atoms with Gasteiger partial charge in [-0.05, 0) is 30.7 Å². The molecule has 0 radical (unpaired) electrons. The summed E-state index contributed by atoms with van der Waals surface area (Å²) in [5.74, 6) is 0. The number of nitrogen functional groups attached to an aromatic ring is 1. The third-order valence-electron chi connectivity index (χ3n) is 3.26. The van der Waals surface area contributed by atoms with E-state index < -0.39 is 0 Å². The zero-order valence-electron chi connectivity index (χ0n) is 11.3. The van der Waals surface area contributed by atoms with Gasteiger partial charge in [-0.3, -0.25) is 9.97 Å². The fourth-order valence-corrected chi connectivity index (χ4v) is 2.15. The number of nitrogens with zero attached hydrogens (tertiary/aromatic N) is 2. The molecule has 2 aromatic heterocycles. The van der Waals surface area contributed by atoms with E-state index in [2.05, 4.69) is 21.4 Å². The van der Waals surface area contributed by atoms with Crippen LogP contribution in [0, 0.1) is 6.92 Å². The Bertz CT molecular complexity index is 735. The molecule has 0 saturated carbocycles. The quantitative estimate of drug-likeness (QED) is 0.713. The molecule has 0 bridgehead atoms. The molecular formula is C16H16N4. The monoisotopic (exact) mass is 264 g/mol. The topological polar surface area (TPSA) is 63.8 Å². The van der Waals surface area contributed by atoms with Crippen molar-refractivity contribution in [3.05, 3.63) is 60.0 Å². The lowest BCUT2D eigenvalue weighted by atomic mass is 10.1. The molecule has 3 rings (SSSR count). The molecule has 2 heterocycles. The Morgan fingerprint density at radius 2 is 2.00 bits per heavy atom. The molecule has 20 heavy (non-hydrogen) atoms. The number of hydrogen-bond donors (Lipinski definition) is 2. The number of pyridine rings is 2. The summed E-state index contributed by atoms with van der Waals surface area (Å²) in [7, 11) is 0. The van der Waals surface area contributed by atoms with Crippen molar-refractivity contribution in [1.82, 2.24) is 9.97 Å². The number of rotatable bonds is 3. The van der Waals surface area contributed by atoms with Crippen LogP contribution in [-0.4, -0.2) is 9.97 Å². The van der Waals surface area contributed by atoms with Crippen LogP contribution in [0.5, 0.6) is 0 Å². The molecular weight excluding hydrogens is 248 g/mol. The van der Waals surface area contributed by atoms with E-state index in [1.807, 2.05) is 43.5 Å². The van der Waals surface area contributed by atoms with E-state index in [-0.39, 0.29) is 0 Å². The van der Waals surface area contributed by atoms with Crippen LogP contribution in [0.4, 0.5) is 11.4 Å². The first kappa shape index (κ1) is 12.4. The van der Waals surface area contributed by atoms with Gasteiger partial charge in [-0.15, -0.1) is 0 Å². The SMILES string of the molecule is Cc1ccc(CNc2ccnc3c(N)cccc23)cn1. The molecule has 0 aliphatic rings. The highest BCUT2D eigenvalue weighted by Gasteiger charge is 2.04. The fraction of sp³-hybridized carbons (Fsp3) is 0.125. The van der Waals surface area contributed by atoms with E-state index in [4.69, 9.17) is 5.73 Å². The summed E-state index contributed by atoms with van der Waals surface area (Å²) in [6.45, 7) is 2.71. The molecule has 0 spiro atoms. The average Bonchev–Trinajstić information content (AvgIpc) is 2.47. The number of para-hydroxylation sites is 1. The van der Waals surface area contributed by atoms with E-state index in [0.717, 1.165) is 34.4 Å². The summed E-state index contributed by atoms with van der Waals surface area (Å²) in [5.41, 5.74) is 10.7. The van der Waals surface area contributed by atoms with Gasteiger partial charge < -0.3 is 11.1 Å². The molecule has 0 aliphatic carbocycles.